The molecule has 0 unspecified atom stereocenters. The summed E-state index contributed by atoms with van der Waals surface area (Å²) in [5.74, 6) is 0.263. The van der Waals surface area contributed by atoms with E-state index in [0.29, 0.717) is 45.3 Å². The van der Waals surface area contributed by atoms with Crippen molar-refractivity contribution >= 4 is 51.9 Å². The van der Waals surface area contributed by atoms with E-state index >= 15 is 0 Å². The Morgan fingerprint density at radius 2 is 1.84 bits per heavy atom. The normalized spacial score (nSPS) is 14.4. The second-order valence-corrected chi connectivity index (χ2v) is 11.3. The average molecular weight is 719 g/mol. The second-order valence-electron chi connectivity index (χ2n) is 9.10. The minimum atomic E-state index is -0.846. The molecule has 0 aliphatic carbocycles. The Hall–Kier alpha value is -3.91. The van der Waals surface area contributed by atoms with Gasteiger partial charge in [0.05, 0.1) is 45.7 Å². The predicted octanol–water partition coefficient (Wildman–Crippen LogP) is 3.92. The number of allylic oxidation sites excluding steroid dienone is 1. The van der Waals surface area contributed by atoms with E-state index in [0.717, 1.165) is 14.9 Å². The van der Waals surface area contributed by atoms with Gasteiger partial charge in [-0.1, -0.05) is 36.1 Å². The lowest BCUT2D eigenvalue weighted by Gasteiger charge is -2.25. The fraction of sp³-hybridized carbons (Fsp3) is 0.290. The summed E-state index contributed by atoms with van der Waals surface area (Å²) in [4.78, 5) is 44.0. The number of thiazole rings is 1. The topological polar surface area (TPSA) is 115 Å². The maximum Gasteiger partial charge on any atom is 0.343 e. The molecule has 2 aromatic carbocycles. The van der Waals surface area contributed by atoms with Gasteiger partial charge >= 0.3 is 11.9 Å². The number of ether oxygens (including phenoxy) is 5. The van der Waals surface area contributed by atoms with Crippen LogP contribution in [0.2, 0.25) is 0 Å². The van der Waals surface area contributed by atoms with Gasteiger partial charge in [-0.05, 0) is 84.8 Å². The number of fused-ring (bicyclic) bond motifs is 1. The molecule has 10 nitrogen and oxygen atoms in total. The number of benzene rings is 2. The Kier molecular flexibility index (Phi) is 10.8. The van der Waals surface area contributed by atoms with Crippen LogP contribution in [0.4, 0.5) is 0 Å². The first-order chi connectivity index (χ1) is 20.7. The van der Waals surface area contributed by atoms with Crippen LogP contribution in [0.25, 0.3) is 6.08 Å². The van der Waals surface area contributed by atoms with Crippen molar-refractivity contribution in [3.05, 3.63) is 94.7 Å². The second kappa shape index (κ2) is 14.5. The molecule has 0 saturated heterocycles. The summed E-state index contributed by atoms with van der Waals surface area (Å²) in [6, 6.07) is 9.84. The third-order valence-corrected chi connectivity index (χ3v) is 8.11. The van der Waals surface area contributed by atoms with Crippen LogP contribution >= 0.6 is 33.9 Å². The molecule has 0 radical (unpaired) electrons. The highest BCUT2D eigenvalue weighted by Crippen LogP contribution is 2.36. The molecule has 12 heteroatoms. The van der Waals surface area contributed by atoms with Gasteiger partial charge in [-0.3, -0.25) is 9.36 Å². The number of methoxy groups -OCH3 is 1. The van der Waals surface area contributed by atoms with E-state index in [4.69, 9.17) is 18.9 Å². The van der Waals surface area contributed by atoms with Gasteiger partial charge in [0.2, 0.25) is 0 Å². The van der Waals surface area contributed by atoms with E-state index in [1.807, 2.05) is 25.1 Å². The van der Waals surface area contributed by atoms with E-state index in [9.17, 15) is 14.4 Å². The molecule has 4 rings (SSSR count). The summed E-state index contributed by atoms with van der Waals surface area (Å²) in [7, 11) is 1.27. The van der Waals surface area contributed by atoms with Crippen LogP contribution < -0.4 is 29.1 Å². The van der Waals surface area contributed by atoms with Gasteiger partial charge in [0.25, 0.3) is 5.56 Å². The standard InChI is InChI=1S/C31H31IN2O8S/c1-6-13-41-22-11-9-19(14-21(22)32)15-25-29(36)34-28(27(30(37)40-8-3)18(4)33-31(34)43-25)20-10-12-23(24(16-20)39-7-2)42-17-26(35)38-5/h6,9-12,14-16,28H,1,7-8,13,17H2,2-5H3/b25-15-/t28-/m0/s1. The maximum absolute atomic E-state index is 14.0. The van der Waals surface area contributed by atoms with Crippen molar-refractivity contribution in [1.82, 2.24) is 4.57 Å². The number of carbonyl (C=O) groups is 2. The number of aromatic nitrogens is 1. The first kappa shape index (κ1) is 32.0. The molecule has 0 fully saturated rings. The SMILES string of the molecule is C=CCOc1ccc(/C=c2\sc3n(c2=O)[C@@H](c2ccc(OCC(=O)OC)c(OCC)c2)C(C(=O)OCC)=C(C)N=3)cc1I. The third-order valence-electron chi connectivity index (χ3n) is 6.28. The van der Waals surface area contributed by atoms with Crippen molar-refractivity contribution in [2.45, 2.75) is 26.8 Å². The average Bonchev–Trinajstić information content (AvgIpc) is 3.29. The van der Waals surface area contributed by atoms with Gasteiger partial charge in [0.1, 0.15) is 12.4 Å². The van der Waals surface area contributed by atoms with Crippen LogP contribution in [0.1, 0.15) is 37.9 Å². The van der Waals surface area contributed by atoms with E-state index in [-0.39, 0.29) is 24.3 Å². The minimum Gasteiger partial charge on any atom is -0.490 e. The van der Waals surface area contributed by atoms with Crippen molar-refractivity contribution in [3.63, 3.8) is 0 Å². The molecule has 1 aliphatic heterocycles. The summed E-state index contributed by atoms with van der Waals surface area (Å²) >= 11 is 3.41. The van der Waals surface area contributed by atoms with Crippen LogP contribution in [0.3, 0.4) is 0 Å². The number of hydrogen-bond donors (Lipinski definition) is 0. The van der Waals surface area contributed by atoms with E-state index in [1.54, 1.807) is 44.2 Å². The van der Waals surface area contributed by atoms with Crippen LogP contribution in [-0.4, -0.2) is 50.0 Å². The predicted molar refractivity (Wildman–Crippen MR) is 170 cm³/mol. The first-order valence-corrected chi connectivity index (χ1v) is 15.3. The van der Waals surface area contributed by atoms with Crippen LogP contribution in [0.15, 0.2) is 70.1 Å². The number of halogens is 1. The van der Waals surface area contributed by atoms with Gasteiger partial charge in [-0.15, -0.1) is 0 Å². The monoisotopic (exact) mass is 718 g/mol. The lowest BCUT2D eigenvalue weighted by molar-refractivity contribution is -0.143. The number of hydrogen-bond acceptors (Lipinski definition) is 10. The van der Waals surface area contributed by atoms with Crippen molar-refractivity contribution in [2.75, 3.05) is 33.5 Å². The fourth-order valence-corrected chi connectivity index (χ4v) is 6.15. The number of rotatable bonds is 12. The lowest BCUT2D eigenvalue weighted by atomic mass is 9.95. The van der Waals surface area contributed by atoms with Crippen molar-refractivity contribution in [1.29, 1.82) is 0 Å². The molecule has 0 saturated carbocycles. The highest BCUT2D eigenvalue weighted by atomic mass is 127. The molecule has 3 aromatic rings. The summed E-state index contributed by atoms with van der Waals surface area (Å²) < 4.78 is 30.0. The van der Waals surface area contributed by atoms with Gasteiger partial charge in [-0.2, -0.15) is 0 Å². The molecule has 43 heavy (non-hydrogen) atoms. The third kappa shape index (κ3) is 7.19. The molecule has 1 aliphatic rings. The minimum absolute atomic E-state index is 0.155. The summed E-state index contributed by atoms with van der Waals surface area (Å²) in [6.45, 7) is 9.48. The molecule has 2 heterocycles. The van der Waals surface area contributed by atoms with Crippen molar-refractivity contribution < 1.29 is 33.3 Å². The molecule has 1 atom stereocenters. The maximum atomic E-state index is 14.0. The number of esters is 2. The van der Waals surface area contributed by atoms with Gasteiger partial charge < -0.3 is 23.7 Å². The zero-order chi connectivity index (χ0) is 31.1. The molecule has 0 spiro atoms. The molecule has 1 aromatic heterocycles. The summed E-state index contributed by atoms with van der Waals surface area (Å²) in [5.41, 5.74) is 1.76. The Bertz CT molecular complexity index is 1760. The molecular formula is C31H31IN2O8S. The molecule has 0 bridgehead atoms. The Labute approximate surface area is 266 Å². The van der Waals surface area contributed by atoms with Gasteiger partial charge in [0, 0.05) is 0 Å². The van der Waals surface area contributed by atoms with Crippen molar-refractivity contribution in [2.24, 2.45) is 4.99 Å². The van der Waals surface area contributed by atoms with Crippen molar-refractivity contribution in [3.8, 4) is 17.2 Å². The van der Waals surface area contributed by atoms with Crippen LogP contribution in [-0.2, 0) is 19.1 Å². The first-order valence-electron chi connectivity index (χ1n) is 13.4. The molecular weight excluding hydrogens is 687 g/mol. The zero-order valence-corrected chi connectivity index (χ0v) is 27.2. The largest absolute Gasteiger partial charge is 0.490 e. The Morgan fingerprint density at radius 1 is 1.07 bits per heavy atom. The quantitative estimate of drug-likeness (QED) is 0.157. The summed E-state index contributed by atoms with van der Waals surface area (Å²) in [6.07, 6.45) is 3.47. The lowest BCUT2D eigenvalue weighted by Crippen LogP contribution is -2.40. The molecule has 0 amide bonds. The highest BCUT2D eigenvalue weighted by Gasteiger charge is 2.34. The van der Waals surface area contributed by atoms with Gasteiger partial charge in [-0.25, -0.2) is 14.6 Å². The molecule has 0 N–H and O–H groups in total. The zero-order valence-electron chi connectivity index (χ0n) is 24.2. The van der Waals surface area contributed by atoms with E-state index in [2.05, 4.69) is 38.9 Å². The number of nitrogens with zero attached hydrogens (tertiary/aromatic N) is 2. The number of carbonyl (C=O) groups excluding carboxylic acids is 2. The highest BCUT2D eigenvalue weighted by molar-refractivity contribution is 14.1. The Morgan fingerprint density at radius 3 is 2.51 bits per heavy atom. The van der Waals surface area contributed by atoms with Crippen LogP contribution in [0.5, 0.6) is 17.2 Å². The van der Waals surface area contributed by atoms with E-state index < -0.39 is 18.0 Å². The Balaban J connectivity index is 1.86. The van der Waals surface area contributed by atoms with Crippen LogP contribution in [0, 0.1) is 3.57 Å². The smallest absolute Gasteiger partial charge is 0.343 e. The summed E-state index contributed by atoms with van der Waals surface area (Å²) in [5, 5.41) is 0. The fourth-order valence-electron chi connectivity index (χ4n) is 4.41. The van der Waals surface area contributed by atoms with E-state index in [1.165, 1.54) is 23.0 Å². The van der Waals surface area contributed by atoms with Gasteiger partial charge in [0.15, 0.2) is 22.9 Å². The molecule has 226 valence electrons.